The van der Waals surface area contributed by atoms with Crippen LogP contribution >= 0.6 is 0 Å². The highest BCUT2D eigenvalue weighted by atomic mass is 32.2. The average molecular weight is 318 g/mol. The van der Waals surface area contributed by atoms with E-state index in [0.29, 0.717) is 6.61 Å². The van der Waals surface area contributed by atoms with Crippen LogP contribution in [0.25, 0.3) is 0 Å². The number of ether oxygens (including phenoxy) is 1. The summed E-state index contributed by atoms with van der Waals surface area (Å²) in [4.78, 5) is 10.9. The number of nitrogens with one attached hydrogen (secondary N) is 1. The van der Waals surface area contributed by atoms with Crippen LogP contribution in [0.2, 0.25) is 0 Å². The van der Waals surface area contributed by atoms with E-state index in [4.69, 9.17) is 9.84 Å². The Morgan fingerprint density at radius 1 is 1.48 bits per heavy atom. The monoisotopic (exact) mass is 318 g/mol. The number of hydrogen-bond acceptors (Lipinski definition) is 4. The maximum atomic E-state index is 12.3. The van der Waals surface area contributed by atoms with E-state index in [1.54, 1.807) is 0 Å². The lowest BCUT2D eigenvalue weighted by molar-refractivity contribution is 0.0686. The van der Waals surface area contributed by atoms with Crippen molar-refractivity contribution in [2.75, 3.05) is 13.2 Å². The fourth-order valence-electron chi connectivity index (χ4n) is 1.77. The van der Waals surface area contributed by atoms with E-state index in [9.17, 15) is 13.2 Å². The van der Waals surface area contributed by atoms with Crippen LogP contribution in [0.15, 0.2) is 17.2 Å². The lowest BCUT2D eigenvalue weighted by Gasteiger charge is -2.21. The van der Waals surface area contributed by atoms with E-state index in [1.807, 2.05) is 20.8 Å². The van der Waals surface area contributed by atoms with Crippen LogP contribution in [0.5, 0.6) is 0 Å². The van der Waals surface area contributed by atoms with E-state index in [-0.39, 0.29) is 29.2 Å². The molecule has 0 radical (unpaired) electrons. The molecule has 8 heteroatoms. The molecule has 0 spiro atoms. The number of aromatic nitrogens is 1. The number of carbonyl (C=O) groups is 1. The summed E-state index contributed by atoms with van der Waals surface area (Å²) in [5.41, 5.74) is -0.0821. The predicted molar refractivity (Wildman–Crippen MR) is 77.8 cm³/mol. The molecule has 0 aliphatic heterocycles. The Morgan fingerprint density at radius 3 is 2.52 bits per heavy atom. The van der Waals surface area contributed by atoms with Gasteiger partial charge in [0.25, 0.3) is 0 Å². The van der Waals surface area contributed by atoms with Crippen molar-refractivity contribution >= 4 is 16.0 Å². The molecule has 7 nitrogen and oxygen atoms in total. The molecule has 1 unspecified atom stereocenters. The molecule has 120 valence electrons. The van der Waals surface area contributed by atoms with Crippen molar-refractivity contribution in [1.82, 2.24) is 9.29 Å². The number of hydrogen-bond donors (Lipinski definition) is 2. The van der Waals surface area contributed by atoms with Gasteiger partial charge in [-0.2, -0.15) is 0 Å². The van der Waals surface area contributed by atoms with Crippen LogP contribution in [0.1, 0.15) is 31.3 Å². The van der Waals surface area contributed by atoms with Gasteiger partial charge in [0.15, 0.2) is 0 Å². The Bertz CT molecular complexity index is 592. The molecular formula is C13H22N2O5S. The lowest BCUT2D eigenvalue weighted by atomic mass is 10.1. The number of sulfonamides is 1. The van der Waals surface area contributed by atoms with Gasteiger partial charge in [-0.25, -0.2) is 17.9 Å². The first-order chi connectivity index (χ1) is 9.69. The number of carboxylic acid groups (broad SMARTS) is 1. The van der Waals surface area contributed by atoms with E-state index >= 15 is 0 Å². The molecule has 0 amide bonds. The molecule has 0 aromatic carbocycles. The summed E-state index contributed by atoms with van der Waals surface area (Å²) in [5, 5.41) is 8.97. The number of aromatic carboxylic acids is 1. The summed E-state index contributed by atoms with van der Waals surface area (Å²) >= 11 is 0. The van der Waals surface area contributed by atoms with E-state index in [0.717, 1.165) is 6.07 Å². The molecule has 1 heterocycles. The van der Waals surface area contributed by atoms with Gasteiger partial charge in [-0.05, 0) is 18.9 Å². The largest absolute Gasteiger partial charge is 0.477 e. The van der Waals surface area contributed by atoms with Crippen LogP contribution < -0.4 is 4.72 Å². The van der Waals surface area contributed by atoms with Gasteiger partial charge in [-0.1, -0.05) is 13.8 Å². The van der Waals surface area contributed by atoms with E-state index in [1.165, 1.54) is 17.8 Å². The molecule has 0 bridgehead atoms. The van der Waals surface area contributed by atoms with Crippen molar-refractivity contribution in [2.24, 2.45) is 13.0 Å². The summed E-state index contributed by atoms with van der Waals surface area (Å²) < 4.78 is 33.8. The lowest BCUT2D eigenvalue weighted by Crippen LogP contribution is -2.41. The Balaban J connectivity index is 2.99. The normalized spacial score (nSPS) is 13.6. The zero-order chi connectivity index (χ0) is 16.2. The van der Waals surface area contributed by atoms with E-state index in [2.05, 4.69) is 4.72 Å². The second kappa shape index (κ2) is 7.06. The smallest absolute Gasteiger partial charge is 0.352 e. The predicted octanol–water partition coefficient (Wildman–Crippen LogP) is 1.06. The summed E-state index contributed by atoms with van der Waals surface area (Å²) in [6, 6.07) is 0.770. The van der Waals surface area contributed by atoms with Gasteiger partial charge in [-0.3, -0.25) is 0 Å². The Hall–Kier alpha value is -1.38. The summed E-state index contributed by atoms with van der Waals surface area (Å²) in [5.74, 6) is -1.12. The van der Waals surface area contributed by atoms with Gasteiger partial charge in [0.05, 0.1) is 6.61 Å². The minimum atomic E-state index is -3.78. The van der Waals surface area contributed by atoms with Crippen molar-refractivity contribution in [2.45, 2.75) is 31.7 Å². The summed E-state index contributed by atoms with van der Waals surface area (Å²) in [7, 11) is -2.30. The average Bonchev–Trinajstić information content (AvgIpc) is 2.77. The third kappa shape index (κ3) is 4.55. The Kier molecular flexibility index (Phi) is 5.94. The van der Waals surface area contributed by atoms with Crippen molar-refractivity contribution in [3.63, 3.8) is 0 Å². The third-order valence-electron chi connectivity index (χ3n) is 3.12. The number of carboxylic acids is 1. The molecule has 0 saturated heterocycles. The quantitative estimate of drug-likeness (QED) is 0.747. The summed E-state index contributed by atoms with van der Waals surface area (Å²) in [6.07, 6.45) is 1.28. The fraction of sp³-hybridized carbons (Fsp3) is 0.615. The summed E-state index contributed by atoms with van der Waals surface area (Å²) in [6.45, 7) is 6.38. The molecule has 0 fully saturated rings. The molecule has 1 atom stereocenters. The van der Waals surface area contributed by atoms with Gasteiger partial charge in [-0.15, -0.1) is 0 Å². The standard InChI is InChI=1S/C13H22N2O5S/c1-5-20-8-11(9(2)3)14-21(18,19)10-6-12(13(16)17)15(4)7-10/h6-7,9,11,14H,5,8H2,1-4H3,(H,16,17). The Labute approximate surface area is 125 Å². The highest BCUT2D eigenvalue weighted by molar-refractivity contribution is 7.89. The minimum absolute atomic E-state index is 0.0500. The van der Waals surface area contributed by atoms with Crippen molar-refractivity contribution in [3.05, 3.63) is 18.0 Å². The fourth-order valence-corrected chi connectivity index (χ4v) is 3.21. The zero-order valence-corrected chi connectivity index (χ0v) is 13.5. The first-order valence-electron chi connectivity index (χ1n) is 6.68. The van der Waals surface area contributed by atoms with Crippen LogP contribution in [0.4, 0.5) is 0 Å². The molecule has 0 aliphatic rings. The van der Waals surface area contributed by atoms with Crippen LogP contribution in [0, 0.1) is 5.92 Å². The van der Waals surface area contributed by atoms with Gasteiger partial charge < -0.3 is 14.4 Å². The van der Waals surface area contributed by atoms with Gasteiger partial charge in [0.2, 0.25) is 10.0 Å². The van der Waals surface area contributed by atoms with Gasteiger partial charge in [0, 0.05) is 25.9 Å². The molecule has 1 aromatic heterocycles. The molecule has 0 saturated carbocycles. The molecule has 21 heavy (non-hydrogen) atoms. The van der Waals surface area contributed by atoms with Gasteiger partial charge in [0.1, 0.15) is 10.6 Å². The van der Waals surface area contributed by atoms with Crippen molar-refractivity contribution < 1.29 is 23.1 Å². The second-order valence-corrected chi connectivity index (χ2v) is 6.82. The maximum Gasteiger partial charge on any atom is 0.352 e. The van der Waals surface area contributed by atoms with Crippen LogP contribution in [0.3, 0.4) is 0 Å². The Morgan fingerprint density at radius 2 is 2.10 bits per heavy atom. The zero-order valence-electron chi connectivity index (χ0n) is 12.7. The minimum Gasteiger partial charge on any atom is -0.477 e. The molecule has 2 N–H and O–H groups in total. The highest BCUT2D eigenvalue weighted by Gasteiger charge is 2.25. The SMILES string of the molecule is CCOCC(NS(=O)(=O)c1cc(C(=O)O)n(C)c1)C(C)C. The van der Waals surface area contributed by atoms with Gasteiger partial charge >= 0.3 is 5.97 Å². The molecule has 1 aromatic rings. The maximum absolute atomic E-state index is 12.3. The molecule has 0 aliphatic carbocycles. The van der Waals surface area contributed by atoms with E-state index < -0.39 is 16.0 Å². The topological polar surface area (TPSA) is 97.6 Å². The van der Waals surface area contributed by atoms with Crippen molar-refractivity contribution in [1.29, 1.82) is 0 Å². The van der Waals surface area contributed by atoms with Crippen LogP contribution in [-0.4, -0.2) is 43.3 Å². The highest BCUT2D eigenvalue weighted by Crippen LogP contribution is 2.15. The first-order valence-corrected chi connectivity index (χ1v) is 8.17. The number of aryl methyl sites for hydroxylation is 1. The number of rotatable bonds is 8. The second-order valence-electron chi connectivity index (χ2n) is 5.11. The third-order valence-corrected chi connectivity index (χ3v) is 4.58. The number of nitrogens with zero attached hydrogens (tertiary/aromatic N) is 1. The molecular weight excluding hydrogens is 296 g/mol. The molecule has 1 rings (SSSR count). The van der Waals surface area contributed by atoms with Crippen molar-refractivity contribution in [3.8, 4) is 0 Å². The first kappa shape index (κ1) is 17.7. The van der Waals surface area contributed by atoms with Crippen LogP contribution in [-0.2, 0) is 21.8 Å².